The molecule has 2 saturated heterocycles. The number of morpholine rings is 1. The zero-order chi connectivity index (χ0) is 24.7. The van der Waals surface area contributed by atoms with Crippen molar-refractivity contribution in [1.29, 1.82) is 0 Å². The Balaban J connectivity index is 1.63. The Hall–Kier alpha value is -3.20. The molecule has 2 amide bonds. The maximum Gasteiger partial charge on any atom is 0.296 e. The van der Waals surface area contributed by atoms with Crippen LogP contribution in [0.5, 0.6) is 0 Å². The van der Waals surface area contributed by atoms with Crippen molar-refractivity contribution < 1.29 is 24.2 Å². The van der Waals surface area contributed by atoms with Crippen molar-refractivity contribution in [3.05, 3.63) is 70.3 Å². The molecule has 1 N–H and O–H groups in total. The number of nitrogens with zero attached hydrogens (tertiary/aromatic N) is 3. The van der Waals surface area contributed by atoms with Gasteiger partial charge in [-0.15, -0.1) is 0 Å². The summed E-state index contributed by atoms with van der Waals surface area (Å²) in [6.07, 6.45) is 0.564. The van der Waals surface area contributed by atoms with Gasteiger partial charge in [0.15, 0.2) is 5.54 Å². The largest absolute Gasteiger partial charge is 0.507 e. The monoisotopic (exact) mass is 495 g/mol. The topological polar surface area (TPSA) is 90.4 Å². The number of likely N-dealkylation sites (tertiary alicyclic amines) is 1. The van der Waals surface area contributed by atoms with E-state index < -0.39 is 28.9 Å². The third-order valence-electron chi connectivity index (χ3n) is 7.02. The number of likely N-dealkylation sites (N-methyl/N-ethyl adjacent to an activating group) is 1. The molecule has 0 aliphatic carbocycles. The summed E-state index contributed by atoms with van der Waals surface area (Å²) >= 11 is 6.00. The Morgan fingerprint density at radius 3 is 2.43 bits per heavy atom. The highest BCUT2D eigenvalue weighted by molar-refractivity contribution is 6.50. The van der Waals surface area contributed by atoms with Gasteiger partial charge in [0.05, 0.1) is 18.8 Å². The van der Waals surface area contributed by atoms with Gasteiger partial charge in [0.25, 0.3) is 17.6 Å². The zero-order valence-electron chi connectivity index (χ0n) is 19.4. The van der Waals surface area contributed by atoms with Crippen LogP contribution in [-0.2, 0) is 24.7 Å². The van der Waals surface area contributed by atoms with E-state index in [-0.39, 0.29) is 12.1 Å². The molecule has 3 aliphatic heterocycles. The van der Waals surface area contributed by atoms with Gasteiger partial charge in [0.1, 0.15) is 5.76 Å². The number of carbonyl (C=O) groups is 3. The molecule has 0 radical (unpaired) electrons. The van der Waals surface area contributed by atoms with E-state index in [1.807, 2.05) is 0 Å². The molecule has 8 nitrogen and oxygen atoms in total. The van der Waals surface area contributed by atoms with Crippen molar-refractivity contribution in [2.24, 2.45) is 0 Å². The molecule has 0 bridgehead atoms. The van der Waals surface area contributed by atoms with E-state index in [9.17, 15) is 19.5 Å². The minimum absolute atomic E-state index is 0.188. The second kappa shape index (κ2) is 9.11. The van der Waals surface area contributed by atoms with E-state index in [1.165, 1.54) is 9.80 Å². The van der Waals surface area contributed by atoms with E-state index in [0.717, 1.165) is 13.1 Å². The molecule has 3 heterocycles. The van der Waals surface area contributed by atoms with Crippen LogP contribution in [0.4, 0.5) is 5.69 Å². The lowest BCUT2D eigenvalue weighted by atomic mass is 9.82. The number of halogens is 1. The molecule has 1 atom stereocenters. The number of anilines is 1. The standard InChI is InChI=1S/C26H26ClN3O5/c1-28-20-6-3-2-5-19(20)26(25(28)34)21(22(31)17-7-9-18(27)10-8-17)23(32)24(33)30(26)12-4-11-29-13-15-35-16-14-29/h2-3,5-10,31H,4,11-16H2,1H3/b22-21-. The van der Waals surface area contributed by atoms with Gasteiger partial charge in [-0.2, -0.15) is 0 Å². The number of carbonyl (C=O) groups excluding carboxylic acids is 3. The van der Waals surface area contributed by atoms with Crippen LogP contribution in [-0.4, -0.2) is 78.9 Å². The molecular formula is C26H26ClN3O5. The third-order valence-corrected chi connectivity index (χ3v) is 7.27. The molecule has 35 heavy (non-hydrogen) atoms. The SMILES string of the molecule is CN1C(=O)C2(/C(=C(\O)c3ccc(Cl)cc3)C(=O)C(=O)N2CCCN2CCOCC2)c2ccccc21. The Kier molecular flexibility index (Phi) is 6.13. The summed E-state index contributed by atoms with van der Waals surface area (Å²) in [6.45, 7) is 3.79. The summed E-state index contributed by atoms with van der Waals surface area (Å²) in [5.41, 5.74) is -0.528. The molecule has 2 aromatic rings. The summed E-state index contributed by atoms with van der Waals surface area (Å²) in [5, 5.41) is 11.8. The molecule has 0 aromatic heterocycles. The van der Waals surface area contributed by atoms with Gasteiger partial charge in [0, 0.05) is 55.1 Å². The van der Waals surface area contributed by atoms with Crippen molar-refractivity contribution in [3.63, 3.8) is 0 Å². The molecule has 2 fully saturated rings. The number of aliphatic hydroxyl groups excluding tert-OH is 1. The second-order valence-corrected chi connectivity index (χ2v) is 9.35. The molecule has 182 valence electrons. The average Bonchev–Trinajstić information content (AvgIpc) is 3.23. The molecular weight excluding hydrogens is 470 g/mol. The number of amides is 2. The smallest absolute Gasteiger partial charge is 0.296 e. The van der Waals surface area contributed by atoms with Gasteiger partial charge in [0.2, 0.25) is 0 Å². The third kappa shape index (κ3) is 3.64. The van der Waals surface area contributed by atoms with Crippen LogP contribution >= 0.6 is 11.6 Å². The number of hydrogen-bond donors (Lipinski definition) is 1. The van der Waals surface area contributed by atoms with Crippen molar-refractivity contribution in [1.82, 2.24) is 9.80 Å². The fraction of sp³-hybridized carbons (Fsp3) is 0.346. The average molecular weight is 496 g/mol. The Labute approximate surface area is 208 Å². The fourth-order valence-electron chi connectivity index (χ4n) is 5.30. The van der Waals surface area contributed by atoms with Gasteiger partial charge in [-0.25, -0.2) is 0 Å². The number of rotatable bonds is 5. The predicted octanol–water partition coefficient (Wildman–Crippen LogP) is 2.61. The number of para-hydroxylation sites is 1. The molecule has 1 unspecified atom stereocenters. The number of benzene rings is 2. The zero-order valence-corrected chi connectivity index (χ0v) is 20.1. The van der Waals surface area contributed by atoms with Crippen LogP contribution in [0, 0.1) is 0 Å². The highest BCUT2D eigenvalue weighted by Gasteiger charge is 2.66. The molecule has 2 aromatic carbocycles. The van der Waals surface area contributed by atoms with Gasteiger partial charge < -0.3 is 19.6 Å². The highest BCUT2D eigenvalue weighted by atomic mass is 35.5. The van der Waals surface area contributed by atoms with Crippen LogP contribution in [0.1, 0.15) is 17.5 Å². The minimum atomic E-state index is -1.73. The maximum atomic E-state index is 13.9. The van der Waals surface area contributed by atoms with Crippen LogP contribution < -0.4 is 4.90 Å². The molecule has 0 saturated carbocycles. The van der Waals surface area contributed by atoms with Crippen molar-refractivity contribution in [3.8, 4) is 0 Å². The number of ketones is 1. The van der Waals surface area contributed by atoms with E-state index in [2.05, 4.69) is 4.90 Å². The number of Topliss-reactive ketones (excluding diaryl/α,β-unsaturated/α-hetero) is 1. The second-order valence-electron chi connectivity index (χ2n) is 8.92. The number of ether oxygens (including phenoxy) is 1. The molecule has 1 spiro atoms. The Bertz CT molecular complexity index is 1220. The normalized spacial score (nSPS) is 24.0. The molecule has 3 aliphatic rings. The van der Waals surface area contributed by atoms with Gasteiger partial charge >= 0.3 is 0 Å². The summed E-state index contributed by atoms with van der Waals surface area (Å²) in [7, 11) is 1.62. The van der Waals surface area contributed by atoms with Gasteiger partial charge in [-0.3, -0.25) is 19.3 Å². The Morgan fingerprint density at radius 2 is 1.71 bits per heavy atom. The van der Waals surface area contributed by atoms with Crippen LogP contribution in [0.15, 0.2) is 54.1 Å². The number of fused-ring (bicyclic) bond motifs is 2. The Morgan fingerprint density at radius 1 is 1.03 bits per heavy atom. The summed E-state index contributed by atoms with van der Waals surface area (Å²) in [6, 6.07) is 13.4. The first-order valence-corrected chi connectivity index (χ1v) is 12.0. The lowest BCUT2D eigenvalue weighted by Crippen LogP contribution is -2.52. The van der Waals surface area contributed by atoms with Gasteiger partial charge in [-0.05, 0) is 36.8 Å². The lowest BCUT2D eigenvalue weighted by Gasteiger charge is -2.35. The van der Waals surface area contributed by atoms with E-state index in [0.29, 0.717) is 48.0 Å². The maximum absolute atomic E-state index is 13.9. The van der Waals surface area contributed by atoms with Crippen LogP contribution in [0.3, 0.4) is 0 Å². The number of aliphatic hydroxyl groups is 1. The van der Waals surface area contributed by atoms with E-state index >= 15 is 0 Å². The fourth-order valence-corrected chi connectivity index (χ4v) is 5.43. The summed E-state index contributed by atoms with van der Waals surface area (Å²) in [5.74, 6) is -2.50. The lowest BCUT2D eigenvalue weighted by molar-refractivity contribution is -0.143. The summed E-state index contributed by atoms with van der Waals surface area (Å²) < 4.78 is 5.40. The van der Waals surface area contributed by atoms with Crippen molar-refractivity contribution >= 4 is 40.6 Å². The predicted molar refractivity (Wildman–Crippen MR) is 131 cm³/mol. The highest BCUT2D eigenvalue weighted by Crippen LogP contribution is 2.53. The minimum Gasteiger partial charge on any atom is -0.507 e. The van der Waals surface area contributed by atoms with E-state index in [4.69, 9.17) is 16.3 Å². The van der Waals surface area contributed by atoms with Crippen molar-refractivity contribution in [2.75, 3.05) is 51.3 Å². The number of hydrogen-bond acceptors (Lipinski definition) is 6. The van der Waals surface area contributed by atoms with E-state index in [1.54, 1.807) is 55.6 Å². The molecule has 9 heteroatoms. The molecule has 5 rings (SSSR count). The van der Waals surface area contributed by atoms with Gasteiger partial charge in [-0.1, -0.05) is 29.8 Å². The summed E-state index contributed by atoms with van der Waals surface area (Å²) in [4.78, 5) is 45.8. The first-order valence-electron chi connectivity index (χ1n) is 11.6. The van der Waals surface area contributed by atoms with Crippen molar-refractivity contribution in [2.45, 2.75) is 12.0 Å². The first-order chi connectivity index (χ1) is 16.9. The van der Waals surface area contributed by atoms with Crippen LogP contribution in [0.2, 0.25) is 5.02 Å². The van der Waals surface area contributed by atoms with Crippen LogP contribution in [0.25, 0.3) is 5.76 Å². The quantitative estimate of drug-likeness (QED) is 0.389. The first kappa shape index (κ1) is 23.5.